The van der Waals surface area contributed by atoms with Crippen LogP contribution in [0, 0.1) is 0 Å². The first-order valence-corrected chi connectivity index (χ1v) is 8.03. The summed E-state index contributed by atoms with van der Waals surface area (Å²) in [5, 5.41) is 19.9. The van der Waals surface area contributed by atoms with Crippen molar-refractivity contribution in [2.24, 2.45) is 0 Å². The number of hydrogen-bond acceptors (Lipinski definition) is 3. The molecule has 0 saturated carbocycles. The van der Waals surface area contributed by atoms with E-state index in [1.54, 1.807) is 0 Å². The third-order valence-corrected chi connectivity index (χ3v) is 3.16. The van der Waals surface area contributed by atoms with Crippen molar-refractivity contribution in [3.8, 4) is 0 Å². The normalized spacial score (nSPS) is 13.0. The van der Waals surface area contributed by atoms with Gasteiger partial charge in [-0.3, -0.25) is 0 Å². The summed E-state index contributed by atoms with van der Waals surface area (Å²) in [4.78, 5) is 10.2. The number of aliphatic carboxylic acids is 1. The molecule has 0 aromatic heterocycles. The van der Waals surface area contributed by atoms with Gasteiger partial charge >= 0.3 is 29.6 Å². The predicted molar refractivity (Wildman–Crippen MR) is 85.7 cm³/mol. The Morgan fingerprint density at radius 2 is 1.55 bits per heavy atom. The van der Waals surface area contributed by atoms with Crippen molar-refractivity contribution >= 4 is 5.97 Å². The summed E-state index contributed by atoms with van der Waals surface area (Å²) in [6.07, 6.45) is 19.3. The second-order valence-corrected chi connectivity index (χ2v) is 5.23. The SMILES string of the molecule is CCCC/C=C/C=C/C=C/CCCC(O)CCCC(=O)[O-].[Na+]. The third kappa shape index (κ3) is 19.7. The van der Waals surface area contributed by atoms with Crippen LogP contribution < -0.4 is 34.7 Å². The van der Waals surface area contributed by atoms with E-state index >= 15 is 0 Å². The zero-order valence-electron chi connectivity index (χ0n) is 14.2. The molecule has 1 N–H and O–H groups in total. The molecule has 0 aliphatic rings. The fourth-order valence-electron chi connectivity index (χ4n) is 1.90. The van der Waals surface area contributed by atoms with E-state index < -0.39 is 12.1 Å². The molecule has 0 aliphatic heterocycles. The molecule has 0 rings (SSSR count). The molecule has 0 aromatic rings. The van der Waals surface area contributed by atoms with Gasteiger partial charge in [-0.2, -0.15) is 0 Å². The molecule has 4 heteroatoms. The number of rotatable bonds is 13. The largest absolute Gasteiger partial charge is 1.00 e. The van der Waals surface area contributed by atoms with Crippen molar-refractivity contribution in [2.75, 3.05) is 0 Å². The van der Waals surface area contributed by atoms with Gasteiger partial charge in [0, 0.05) is 5.97 Å². The van der Waals surface area contributed by atoms with Gasteiger partial charge in [-0.15, -0.1) is 0 Å². The zero-order valence-corrected chi connectivity index (χ0v) is 16.2. The molecule has 22 heavy (non-hydrogen) atoms. The van der Waals surface area contributed by atoms with Crippen LogP contribution in [0.3, 0.4) is 0 Å². The number of carboxylic acids is 1. The summed E-state index contributed by atoms with van der Waals surface area (Å²) in [5.41, 5.74) is 0. The summed E-state index contributed by atoms with van der Waals surface area (Å²) < 4.78 is 0. The molecule has 1 unspecified atom stereocenters. The molecule has 0 aliphatic carbocycles. The molecule has 0 spiro atoms. The van der Waals surface area contributed by atoms with Crippen LogP contribution in [-0.4, -0.2) is 17.2 Å². The number of unbranched alkanes of at least 4 members (excludes halogenated alkanes) is 3. The van der Waals surface area contributed by atoms with Crippen LogP contribution in [0.15, 0.2) is 36.5 Å². The third-order valence-electron chi connectivity index (χ3n) is 3.16. The molecule has 0 radical (unpaired) electrons. The van der Waals surface area contributed by atoms with Crippen molar-refractivity contribution in [2.45, 2.75) is 70.8 Å². The topological polar surface area (TPSA) is 60.4 Å². The van der Waals surface area contributed by atoms with Crippen molar-refractivity contribution in [1.29, 1.82) is 0 Å². The van der Waals surface area contributed by atoms with Crippen LogP contribution in [-0.2, 0) is 4.79 Å². The number of aliphatic hydroxyl groups excluding tert-OH is 1. The van der Waals surface area contributed by atoms with Crippen LogP contribution in [0.5, 0.6) is 0 Å². The van der Waals surface area contributed by atoms with Gasteiger partial charge in [0.25, 0.3) is 0 Å². The smallest absolute Gasteiger partial charge is 0.550 e. The molecule has 0 bridgehead atoms. The number of aliphatic hydroxyl groups is 1. The van der Waals surface area contributed by atoms with Gasteiger partial charge in [-0.1, -0.05) is 56.2 Å². The molecular weight excluding hydrogens is 287 g/mol. The molecule has 0 heterocycles. The Balaban J connectivity index is 0. The van der Waals surface area contributed by atoms with Crippen LogP contribution in [0.2, 0.25) is 0 Å². The van der Waals surface area contributed by atoms with E-state index in [0.717, 1.165) is 25.7 Å². The second-order valence-electron chi connectivity index (χ2n) is 5.23. The second kappa shape index (κ2) is 18.7. The number of allylic oxidation sites excluding steroid dienone is 6. The minimum atomic E-state index is -1.04. The molecule has 0 aromatic carbocycles. The summed E-state index contributed by atoms with van der Waals surface area (Å²) in [5.74, 6) is -1.04. The van der Waals surface area contributed by atoms with Gasteiger partial charge in [0.15, 0.2) is 0 Å². The van der Waals surface area contributed by atoms with E-state index in [9.17, 15) is 15.0 Å². The monoisotopic (exact) mass is 316 g/mol. The molecule has 3 nitrogen and oxygen atoms in total. The van der Waals surface area contributed by atoms with Gasteiger partial charge in [0.05, 0.1) is 6.10 Å². The first-order valence-electron chi connectivity index (χ1n) is 8.03. The summed E-state index contributed by atoms with van der Waals surface area (Å²) in [6.45, 7) is 2.19. The van der Waals surface area contributed by atoms with Gasteiger partial charge < -0.3 is 15.0 Å². The molecule has 120 valence electrons. The van der Waals surface area contributed by atoms with Gasteiger partial charge in [-0.05, 0) is 44.9 Å². The maximum absolute atomic E-state index is 10.2. The van der Waals surface area contributed by atoms with Crippen molar-refractivity contribution in [3.05, 3.63) is 36.5 Å². The van der Waals surface area contributed by atoms with Crippen LogP contribution in [0.25, 0.3) is 0 Å². The van der Waals surface area contributed by atoms with Crippen LogP contribution in [0.4, 0.5) is 0 Å². The van der Waals surface area contributed by atoms with E-state index in [1.165, 1.54) is 12.8 Å². The Bertz CT molecular complexity index is 335. The summed E-state index contributed by atoms with van der Waals surface area (Å²) in [6, 6.07) is 0. The van der Waals surface area contributed by atoms with E-state index in [0.29, 0.717) is 12.8 Å². The van der Waals surface area contributed by atoms with Crippen molar-refractivity contribution in [1.82, 2.24) is 0 Å². The fraction of sp³-hybridized carbons (Fsp3) is 0.611. The molecular formula is C18H29NaO3. The number of carboxylic acid groups (broad SMARTS) is 1. The average Bonchev–Trinajstić information content (AvgIpc) is 2.44. The predicted octanol–water partition coefficient (Wildman–Crippen LogP) is 0.301. The number of carbonyl (C=O) groups is 1. The van der Waals surface area contributed by atoms with E-state index in [4.69, 9.17) is 0 Å². The van der Waals surface area contributed by atoms with Gasteiger partial charge in [-0.25, -0.2) is 0 Å². The first kappa shape index (κ1) is 23.9. The first-order chi connectivity index (χ1) is 10.2. The Kier molecular flexibility index (Phi) is 20.3. The van der Waals surface area contributed by atoms with E-state index in [1.807, 2.05) is 18.2 Å². The van der Waals surface area contributed by atoms with Crippen LogP contribution in [0.1, 0.15) is 64.7 Å². The minimum absolute atomic E-state index is 0. The van der Waals surface area contributed by atoms with E-state index in [2.05, 4.69) is 25.2 Å². The zero-order chi connectivity index (χ0) is 15.8. The minimum Gasteiger partial charge on any atom is -0.550 e. The maximum Gasteiger partial charge on any atom is 1.00 e. The Morgan fingerprint density at radius 3 is 2.09 bits per heavy atom. The van der Waals surface area contributed by atoms with Crippen molar-refractivity contribution < 1.29 is 44.6 Å². The average molecular weight is 316 g/mol. The molecule has 0 fully saturated rings. The maximum atomic E-state index is 10.2. The Labute approximate surface area is 157 Å². The van der Waals surface area contributed by atoms with Crippen molar-refractivity contribution in [3.63, 3.8) is 0 Å². The summed E-state index contributed by atoms with van der Waals surface area (Å²) >= 11 is 0. The van der Waals surface area contributed by atoms with Crippen LogP contribution >= 0.6 is 0 Å². The Hall–Kier alpha value is -0.350. The molecule has 0 saturated heterocycles. The number of hydrogen-bond donors (Lipinski definition) is 1. The van der Waals surface area contributed by atoms with Gasteiger partial charge in [0.1, 0.15) is 0 Å². The summed E-state index contributed by atoms with van der Waals surface area (Å²) in [7, 11) is 0. The number of carbonyl (C=O) groups excluding carboxylic acids is 1. The Morgan fingerprint density at radius 1 is 1.00 bits per heavy atom. The molecule has 1 atom stereocenters. The van der Waals surface area contributed by atoms with E-state index in [-0.39, 0.29) is 36.0 Å². The quantitative estimate of drug-likeness (QED) is 0.302. The fourth-order valence-corrected chi connectivity index (χ4v) is 1.90. The molecule has 0 amide bonds. The van der Waals surface area contributed by atoms with Gasteiger partial charge in [0.2, 0.25) is 0 Å². The standard InChI is InChI=1S/C18H30O3.Na/c1-2-3-4-5-6-7-8-9-10-11-12-14-17(19)15-13-16-18(20)21;/h5-10,17,19H,2-4,11-16H2,1H3,(H,20,21);/q;+1/p-1/b6-5+,8-7+,10-9+;.